The molecule has 3 saturated carbocycles. The monoisotopic (exact) mass is 392 g/mol. The van der Waals surface area contributed by atoms with Gasteiger partial charge in [-0.05, 0) is 84.6 Å². The van der Waals surface area contributed by atoms with Crippen molar-refractivity contribution in [3.05, 3.63) is 47.8 Å². The summed E-state index contributed by atoms with van der Waals surface area (Å²) in [6.07, 6.45) is 15.1. The summed E-state index contributed by atoms with van der Waals surface area (Å²) in [5.41, 5.74) is 2.49. The van der Waals surface area contributed by atoms with Crippen LogP contribution in [-0.2, 0) is 4.79 Å². The SMILES string of the molecule is CN1C(=O)C=C[C@]2(C)[C@H]3CC[C@]4(C)[C@@H](O)CC[C@H]4[C@@H]3C/C(=C\c3ccncc3)[C@@H]12. The second kappa shape index (κ2) is 6.53. The Morgan fingerprint density at radius 2 is 1.93 bits per heavy atom. The number of pyridine rings is 1. The lowest BCUT2D eigenvalue weighted by Crippen LogP contribution is -2.60. The number of hydrogen-bond acceptors (Lipinski definition) is 3. The smallest absolute Gasteiger partial charge is 0.246 e. The second-order valence-electron chi connectivity index (χ2n) is 10.3. The number of amides is 1. The highest BCUT2D eigenvalue weighted by molar-refractivity contribution is 5.89. The molecule has 0 spiro atoms. The number of fused-ring (bicyclic) bond motifs is 5. The fourth-order valence-electron chi connectivity index (χ4n) is 7.49. The third-order valence-electron chi connectivity index (χ3n) is 8.98. The summed E-state index contributed by atoms with van der Waals surface area (Å²) >= 11 is 0. The summed E-state index contributed by atoms with van der Waals surface area (Å²) in [7, 11) is 1.96. The van der Waals surface area contributed by atoms with Crippen molar-refractivity contribution in [1.82, 2.24) is 9.88 Å². The first kappa shape index (κ1) is 19.0. The van der Waals surface area contributed by atoms with Crippen molar-refractivity contribution in [3.63, 3.8) is 0 Å². The van der Waals surface area contributed by atoms with Gasteiger partial charge in [-0.15, -0.1) is 0 Å². The van der Waals surface area contributed by atoms with Crippen LogP contribution in [-0.4, -0.2) is 40.1 Å². The number of hydrogen-bond donors (Lipinski definition) is 1. The Morgan fingerprint density at radius 3 is 2.69 bits per heavy atom. The van der Waals surface area contributed by atoms with Crippen LogP contribution >= 0.6 is 0 Å². The van der Waals surface area contributed by atoms with E-state index in [9.17, 15) is 9.90 Å². The number of rotatable bonds is 1. The molecule has 0 unspecified atom stereocenters. The topological polar surface area (TPSA) is 53.4 Å². The van der Waals surface area contributed by atoms with Gasteiger partial charge in [-0.2, -0.15) is 0 Å². The van der Waals surface area contributed by atoms with Gasteiger partial charge in [0.2, 0.25) is 5.91 Å². The van der Waals surface area contributed by atoms with Crippen LogP contribution in [0.4, 0.5) is 0 Å². The van der Waals surface area contributed by atoms with Crippen LogP contribution in [0.5, 0.6) is 0 Å². The van der Waals surface area contributed by atoms with Gasteiger partial charge in [-0.1, -0.05) is 26.0 Å². The highest BCUT2D eigenvalue weighted by Crippen LogP contribution is 2.64. The van der Waals surface area contributed by atoms with E-state index in [0.717, 1.165) is 37.7 Å². The minimum absolute atomic E-state index is 0.0479. The molecule has 1 aromatic heterocycles. The quantitative estimate of drug-likeness (QED) is 0.784. The van der Waals surface area contributed by atoms with Gasteiger partial charge in [0.15, 0.2) is 0 Å². The molecule has 1 amide bonds. The number of aromatic nitrogens is 1. The summed E-state index contributed by atoms with van der Waals surface area (Å²) in [5.74, 6) is 1.78. The molecule has 3 aliphatic carbocycles. The van der Waals surface area contributed by atoms with Gasteiger partial charge in [0.05, 0.1) is 12.1 Å². The number of aliphatic hydroxyl groups is 1. The van der Waals surface area contributed by atoms with E-state index < -0.39 is 0 Å². The van der Waals surface area contributed by atoms with Gasteiger partial charge in [-0.25, -0.2) is 0 Å². The molecule has 0 aromatic carbocycles. The summed E-state index contributed by atoms with van der Waals surface area (Å²) in [6.45, 7) is 4.68. The summed E-state index contributed by atoms with van der Waals surface area (Å²) in [4.78, 5) is 18.7. The maximum absolute atomic E-state index is 12.6. The summed E-state index contributed by atoms with van der Waals surface area (Å²) in [5, 5.41) is 10.8. The van der Waals surface area contributed by atoms with Crippen LogP contribution < -0.4 is 0 Å². The van der Waals surface area contributed by atoms with E-state index in [0.29, 0.717) is 17.8 Å². The zero-order valence-electron chi connectivity index (χ0n) is 17.7. The van der Waals surface area contributed by atoms with Crippen LogP contribution in [0, 0.1) is 28.6 Å². The molecule has 154 valence electrons. The average Bonchev–Trinajstić information content (AvgIpc) is 3.01. The lowest BCUT2D eigenvalue weighted by Gasteiger charge is -2.60. The lowest BCUT2D eigenvalue weighted by molar-refractivity contribution is -0.135. The van der Waals surface area contributed by atoms with Crippen LogP contribution in [0.15, 0.2) is 42.3 Å². The molecule has 1 aliphatic heterocycles. The van der Waals surface area contributed by atoms with E-state index in [1.165, 1.54) is 5.57 Å². The Bertz CT molecular complexity index is 878. The van der Waals surface area contributed by atoms with Crippen LogP contribution in [0.25, 0.3) is 6.08 Å². The standard InChI is InChI=1S/C25H32N2O2/c1-24-10-6-20-18(19(24)4-5-21(24)28)15-17(14-16-8-12-26-13-9-16)23-25(20,2)11-7-22(29)27(23)3/h7-9,11-14,18-21,23,28H,4-6,10,15H2,1-3H3/b17-14+/t18-,19-,20-,21-,23+,24-,25+/m0/s1. The Hall–Kier alpha value is -1.94. The number of likely N-dealkylation sites (N-methyl/N-ethyl adjacent to an activating group) is 1. The maximum Gasteiger partial charge on any atom is 0.246 e. The fraction of sp³-hybridized carbons (Fsp3) is 0.600. The van der Waals surface area contributed by atoms with Crippen molar-refractivity contribution in [3.8, 4) is 0 Å². The molecule has 4 nitrogen and oxygen atoms in total. The number of nitrogens with zero attached hydrogens (tertiary/aromatic N) is 2. The van der Waals surface area contributed by atoms with Gasteiger partial charge >= 0.3 is 0 Å². The molecule has 0 bridgehead atoms. The van der Waals surface area contributed by atoms with E-state index in [1.54, 1.807) is 6.08 Å². The largest absolute Gasteiger partial charge is 0.393 e. The van der Waals surface area contributed by atoms with Crippen molar-refractivity contribution in [1.29, 1.82) is 0 Å². The van der Waals surface area contributed by atoms with Crippen molar-refractivity contribution >= 4 is 12.0 Å². The molecule has 0 saturated heterocycles. The Kier molecular flexibility index (Phi) is 4.29. The van der Waals surface area contributed by atoms with Crippen LogP contribution in [0.1, 0.15) is 51.5 Å². The van der Waals surface area contributed by atoms with E-state index in [1.807, 2.05) is 36.5 Å². The first-order valence-corrected chi connectivity index (χ1v) is 11.1. The molecular formula is C25H32N2O2. The minimum atomic E-state index is -0.169. The highest BCUT2D eigenvalue weighted by Gasteiger charge is 2.61. The predicted octanol–water partition coefficient (Wildman–Crippen LogP) is 4.08. The Balaban J connectivity index is 1.62. The van der Waals surface area contributed by atoms with E-state index in [4.69, 9.17) is 0 Å². The van der Waals surface area contributed by atoms with Crippen LogP contribution in [0.3, 0.4) is 0 Å². The Morgan fingerprint density at radius 1 is 1.17 bits per heavy atom. The van der Waals surface area contributed by atoms with Gasteiger partial charge in [0, 0.05) is 24.9 Å². The highest BCUT2D eigenvalue weighted by atomic mass is 16.3. The first-order chi connectivity index (χ1) is 13.8. The molecule has 1 N–H and O–H groups in total. The van der Waals surface area contributed by atoms with Crippen molar-refractivity contribution in [2.24, 2.45) is 28.6 Å². The van der Waals surface area contributed by atoms with Gasteiger partial charge < -0.3 is 10.0 Å². The molecule has 29 heavy (non-hydrogen) atoms. The maximum atomic E-state index is 12.6. The molecule has 4 aliphatic rings. The second-order valence-corrected chi connectivity index (χ2v) is 10.3. The zero-order chi connectivity index (χ0) is 20.4. The number of aliphatic hydroxyl groups excluding tert-OH is 1. The molecule has 1 aromatic rings. The van der Waals surface area contributed by atoms with E-state index in [-0.39, 0.29) is 28.9 Å². The summed E-state index contributed by atoms with van der Waals surface area (Å²) < 4.78 is 0. The molecule has 7 atom stereocenters. The van der Waals surface area contributed by atoms with Gasteiger partial charge in [0.1, 0.15) is 0 Å². The zero-order valence-corrected chi connectivity index (χ0v) is 17.7. The molecule has 4 heteroatoms. The first-order valence-electron chi connectivity index (χ1n) is 11.1. The van der Waals surface area contributed by atoms with E-state index >= 15 is 0 Å². The number of carbonyl (C=O) groups excluding carboxylic acids is 1. The third-order valence-corrected chi connectivity index (χ3v) is 8.98. The molecule has 5 rings (SSSR count). The average molecular weight is 393 g/mol. The predicted molar refractivity (Wildman–Crippen MR) is 114 cm³/mol. The third kappa shape index (κ3) is 2.68. The van der Waals surface area contributed by atoms with Crippen molar-refractivity contribution in [2.45, 2.75) is 58.1 Å². The number of carbonyl (C=O) groups is 1. The fourth-order valence-corrected chi connectivity index (χ4v) is 7.49. The normalized spacial score (nSPS) is 45.1. The van der Waals surface area contributed by atoms with Gasteiger partial charge in [-0.3, -0.25) is 9.78 Å². The lowest BCUT2D eigenvalue weighted by atomic mass is 9.47. The molecule has 2 heterocycles. The van der Waals surface area contributed by atoms with Crippen molar-refractivity contribution < 1.29 is 9.90 Å². The van der Waals surface area contributed by atoms with Gasteiger partial charge in [0.25, 0.3) is 0 Å². The van der Waals surface area contributed by atoms with Crippen LogP contribution in [0.2, 0.25) is 0 Å². The molecular weight excluding hydrogens is 360 g/mol. The summed E-state index contributed by atoms with van der Waals surface area (Å²) in [6, 6.07) is 4.19. The van der Waals surface area contributed by atoms with E-state index in [2.05, 4.69) is 31.0 Å². The van der Waals surface area contributed by atoms with Crippen molar-refractivity contribution in [2.75, 3.05) is 7.05 Å². The molecule has 0 radical (unpaired) electrons. The Labute approximate surface area is 173 Å². The molecule has 3 fully saturated rings. The minimum Gasteiger partial charge on any atom is -0.393 e.